The Balaban J connectivity index is 1.73. The Morgan fingerprint density at radius 1 is 1.03 bits per heavy atom. The SMILES string of the molecule is CC(C)COCc1nc(Nc2ccc(C(F)(F)F)nc2)c2ccc(-c3ncccc3Cl)nc2n1. The third-order valence-electron chi connectivity index (χ3n) is 4.61. The van der Waals surface area contributed by atoms with Gasteiger partial charge in [-0.1, -0.05) is 25.4 Å². The highest BCUT2D eigenvalue weighted by Crippen LogP contribution is 2.30. The predicted molar refractivity (Wildman–Crippen MR) is 123 cm³/mol. The zero-order chi connectivity index (χ0) is 24.3. The molecule has 0 amide bonds. The minimum absolute atomic E-state index is 0.143. The Labute approximate surface area is 198 Å². The molecule has 0 aliphatic carbocycles. The highest BCUT2D eigenvalue weighted by molar-refractivity contribution is 6.32. The second-order valence-electron chi connectivity index (χ2n) is 7.85. The number of rotatable bonds is 7. The maximum Gasteiger partial charge on any atom is 0.433 e. The first-order valence-corrected chi connectivity index (χ1v) is 10.7. The van der Waals surface area contributed by atoms with Crippen LogP contribution in [0.25, 0.3) is 22.4 Å². The van der Waals surface area contributed by atoms with Gasteiger partial charge in [-0.15, -0.1) is 0 Å². The summed E-state index contributed by atoms with van der Waals surface area (Å²) in [5, 5.41) is 4.02. The monoisotopic (exact) mass is 488 g/mol. The van der Waals surface area contributed by atoms with Gasteiger partial charge in [0.2, 0.25) is 0 Å². The lowest BCUT2D eigenvalue weighted by Crippen LogP contribution is -2.09. The average molecular weight is 489 g/mol. The Morgan fingerprint density at radius 2 is 1.85 bits per heavy atom. The molecular weight excluding hydrogens is 469 g/mol. The lowest BCUT2D eigenvalue weighted by atomic mass is 10.2. The normalized spacial score (nSPS) is 11.9. The maximum atomic E-state index is 12.8. The Morgan fingerprint density at radius 3 is 2.53 bits per heavy atom. The summed E-state index contributed by atoms with van der Waals surface area (Å²) in [5.41, 5.74) is 0.738. The molecule has 0 aliphatic heterocycles. The summed E-state index contributed by atoms with van der Waals surface area (Å²) in [5.74, 6) is 1.06. The fourth-order valence-corrected chi connectivity index (χ4v) is 3.30. The van der Waals surface area contributed by atoms with Crippen LogP contribution in [0.1, 0.15) is 25.4 Å². The zero-order valence-electron chi connectivity index (χ0n) is 18.3. The molecule has 4 rings (SSSR count). The minimum Gasteiger partial charge on any atom is -0.373 e. The second kappa shape index (κ2) is 9.86. The molecule has 0 bridgehead atoms. The Kier molecular flexibility index (Phi) is 6.90. The van der Waals surface area contributed by atoms with E-state index in [1.165, 1.54) is 6.07 Å². The van der Waals surface area contributed by atoms with E-state index in [1.54, 1.807) is 30.5 Å². The molecule has 34 heavy (non-hydrogen) atoms. The average Bonchev–Trinajstić information content (AvgIpc) is 2.78. The molecule has 0 radical (unpaired) electrons. The molecule has 176 valence electrons. The number of alkyl halides is 3. The first-order chi connectivity index (χ1) is 16.2. The first kappa shape index (κ1) is 23.8. The highest BCUT2D eigenvalue weighted by atomic mass is 35.5. The van der Waals surface area contributed by atoms with Crippen LogP contribution in [-0.2, 0) is 17.5 Å². The molecule has 11 heteroatoms. The van der Waals surface area contributed by atoms with Crippen molar-refractivity contribution in [2.45, 2.75) is 26.6 Å². The third-order valence-corrected chi connectivity index (χ3v) is 4.91. The number of nitrogens with zero attached hydrogens (tertiary/aromatic N) is 5. The van der Waals surface area contributed by atoms with Crippen molar-refractivity contribution in [1.82, 2.24) is 24.9 Å². The number of pyridine rings is 3. The largest absolute Gasteiger partial charge is 0.433 e. The van der Waals surface area contributed by atoms with E-state index in [-0.39, 0.29) is 6.61 Å². The molecule has 0 spiro atoms. The molecule has 0 unspecified atom stereocenters. The number of halogens is 4. The molecule has 0 fully saturated rings. The molecule has 7 nitrogen and oxygen atoms in total. The van der Waals surface area contributed by atoms with Crippen molar-refractivity contribution in [1.29, 1.82) is 0 Å². The van der Waals surface area contributed by atoms with Gasteiger partial charge < -0.3 is 10.1 Å². The fourth-order valence-electron chi connectivity index (χ4n) is 3.08. The van der Waals surface area contributed by atoms with E-state index in [9.17, 15) is 13.2 Å². The van der Waals surface area contributed by atoms with Gasteiger partial charge in [-0.05, 0) is 42.3 Å². The van der Waals surface area contributed by atoms with Crippen molar-refractivity contribution >= 4 is 34.1 Å². The van der Waals surface area contributed by atoms with Crippen LogP contribution in [0.4, 0.5) is 24.7 Å². The molecule has 0 saturated carbocycles. The van der Waals surface area contributed by atoms with Crippen LogP contribution in [0.5, 0.6) is 0 Å². The number of hydrogen-bond donors (Lipinski definition) is 1. The van der Waals surface area contributed by atoms with E-state index in [2.05, 4.69) is 30.2 Å². The van der Waals surface area contributed by atoms with Crippen molar-refractivity contribution in [3.63, 3.8) is 0 Å². The Bertz CT molecular complexity index is 1300. The van der Waals surface area contributed by atoms with Crippen LogP contribution >= 0.6 is 11.6 Å². The number of aromatic nitrogens is 5. The van der Waals surface area contributed by atoms with Crippen molar-refractivity contribution < 1.29 is 17.9 Å². The van der Waals surface area contributed by atoms with Crippen LogP contribution in [-0.4, -0.2) is 31.5 Å². The third kappa shape index (κ3) is 5.57. The van der Waals surface area contributed by atoms with Crippen molar-refractivity contribution in [2.24, 2.45) is 5.92 Å². The quantitative estimate of drug-likeness (QED) is 0.338. The van der Waals surface area contributed by atoms with Gasteiger partial charge in [-0.2, -0.15) is 13.2 Å². The van der Waals surface area contributed by atoms with Gasteiger partial charge in [-0.3, -0.25) is 4.98 Å². The van der Waals surface area contributed by atoms with Gasteiger partial charge in [0.05, 0.1) is 28.0 Å². The van der Waals surface area contributed by atoms with Crippen LogP contribution in [0, 0.1) is 5.92 Å². The Hall–Kier alpha value is -3.37. The van der Waals surface area contributed by atoms with E-state index in [4.69, 9.17) is 16.3 Å². The van der Waals surface area contributed by atoms with Crippen LogP contribution in [0.3, 0.4) is 0 Å². The lowest BCUT2D eigenvalue weighted by molar-refractivity contribution is -0.141. The number of hydrogen-bond acceptors (Lipinski definition) is 7. The summed E-state index contributed by atoms with van der Waals surface area (Å²) < 4.78 is 44.2. The standard InChI is InChI=1S/C23H20ClF3N6O/c1-13(2)11-34-12-19-32-21(30-14-5-8-18(29-10-14)23(25,26)27)15-6-7-17(31-22(15)33-19)20-16(24)4-3-9-28-20/h3-10,13H,11-12H2,1-2H3,(H,30,31,32,33). The number of nitrogens with one attached hydrogen (secondary N) is 1. The summed E-state index contributed by atoms with van der Waals surface area (Å²) in [6, 6.07) is 9.10. The van der Waals surface area contributed by atoms with Crippen molar-refractivity contribution in [3.8, 4) is 11.4 Å². The van der Waals surface area contributed by atoms with Gasteiger partial charge in [0.25, 0.3) is 0 Å². The van der Waals surface area contributed by atoms with Crippen molar-refractivity contribution in [2.75, 3.05) is 11.9 Å². The fraction of sp³-hybridized carbons (Fsp3) is 0.261. The van der Waals surface area contributed by atoms with Crippen LogP contribution in [0.2, 0.25) is 5.02 Å². The summed E-state index contributed by atoms with van der Waals surface area (Å²) >= 11 is 6.27. The van der Waals surface area contributed by atoms with Gasteiger partial charge in [-0.25, -0.2) is 19.9 Å². The molecule has 4 aromatic rings. The molecule has 0 aromatic carbocycles. The first-order valence-electron chi connectivity index (χ1n) is 10.4. The van der Waals surface area contributed by atoms with Gasteiger partial charge in [0.1, 0.15) is 23.8 Å². The van der Waals surface area contributed by atoms with Gasteiger partial charge in [0.15, 0.2) is 11.5 Å². The second-order valence-corrected chi connectivity index (χ2v) is 8.26. The van der Waals surface area contributed by atoms with Gasteiger partial charge >= 0.3 is 6.18 Å². The summed E-state index contributed by atoms with van der Waals surface area (Å²) in [6.45, 7) is 4.71. The molecule has 0 atom stereocenters. The van der Waals surface area contributed by atoms with E-state index < -0.39 is 11.9 Å². The molecule has 1 N–H and O–H groups in total. The molecule has 4 heterocycles. The molecule has 0 saturated heterocycles. The van der Waals surface area contributed by atoms with E-state index in [0.29, 0.717) is 57.3 Å². The summed E-state index contributed by atoms with van der Waals surface area (Å²) in [7, 11) is 0. The zero-order valence-corrected chi connectivity index (χ0v) is 19.0. The molecule has 0 aliphatic rings. The predicted octanol–water partition coefficient (Wildman–Crippen LogP) is 6.07. The van der Waals surface area contributed by atoms with E-state index >= 15 is 0 Å². The number of fused-ring (bicyclic) bond motifs is 1. The van der Waals surface area contributed by atoms with E-state index in [1.807, 2.05) is 13.8 Å². The molecule has 4 aromatic heterocycles. The van der Waals surface area contributed by atoms with E-state index in [0.717, 1.165) is 12.3 Å². The number of anilines is 2. The highest BCUT2D eigenvalue weighted by Gasteiger charge is 2.32. The lowest BCUT2D eigenvalue weighted by Gasteiger charge is -2.13. The van der Waals surface area contributed by atoms with Gasteiger partial charge in [0, 0.05) is 12.8 Å². The van der Waals surface area contributed by atoms with Crippen LogP contribution in [0.15, 0.2) is 48.8 Å². The topological polar surface area (TPSA) is 85.7 Å². The molecular formula is C23H20ClF3N6O. The minimum atomic E-state index is -4.52. The number of ether oxygens (including phenoxy) is 1. The van der Waals surface area contributed by atoms with Crippen LogP contribution < -0.4 is 5.32 Å². The van der Waals surface area contributed by atoms with Crippen molar-refractivity contribution in [3.05, 3.63) is 65.3 Å². The maximum absolute atomic E-state index is 12.8. The smallest absolute Gasteiger partial charge is 0.373 e. The summed E-state index contributed by atoms with van der Waals surface area (Å²) in [4.78, 5) is 21.4. The summed E-state index contributed by atoms with van der Waals surface area (Å²) in [6.07, 6.45) is -1.81.